The monoisotopic (exact) mass is 292 g/mol. The fourth-order valence-corrected chi connectivity index (χ4v) is 2.51. The van der Waals surface area contributed by atoms with Crippen molar-refractivity contribution in [3.05, 3.63) is 24.0 Å². The molecule has 0 saturated carbocycles. The molecule has 0 aliphatic heterocycles. The lowest BCUT2D eigenvalue weighted by Gasteiger charge is -2.25. The molecule has 0 aliphatic rings. The second kappa shape index (κ2) is 10.6. The Kier molecular flexibility index (Phi) is 9.02. The summed E-state index contributed by atoms with van der Waals surface area (Å²) in [6.07, 6.45) is 3.13. The predicted octanol–water partition coefficient (Wildman–Crippen LogP) is 2.75. The Morgan fingerprint density at radius 3 is 2.43 bits per heavy atom. The van der Waals surface area contributed by atoms with Crippen LogP contribution in [0.2, 0.25) is 0 Å². The Balaban J connectivity index is 2.54. The lowest BCUT2D eigenvalue weighted by Crippen LogP contribution is -2.30. The van der Waals surface area contributed by atoms with E-state index in [2.05, 4.69) is 59.9 Å². The Morgan fingerprint density at radius 2 is 1.81 bits per heavy atom. The van der Waals surface area contributed by atoms with E-state index in [1.807, 2.05) is 6.20 Å². The van der Waals surface area contributed by atoms with Crippen LogP contribution in [0.1, 0.15) is 39.8 Å². The average molecular weight is 292 g/mol. The van der Waals surface area contributed by atoms with Crippen molar-refractivity contribution in [1.82, 2.24) is 15.2 Å². The highest BCUT2D eigenvalue weighted by Crippen LogP contribution is 2.15. The van der Waals surface area contributed by atoms with Crippen LogP contribution in [-0.2, 0) is 6.54 Å². The molecule has 0 radical (unpaired) electrons. The van der Waals surface area contributed by atoms with Gasteiger partial charge in [-0.3, -0.25) is 4.98 Å². The van der Waals surface area contributed by atoms with E-state index in [0.29, 0.717) is 0 Å². The molecule has 0 atom stereocenters. The van der Waals surface area contributed by atoms with Gasteiger partial charge in [-0.05, 0) is 51.7 Å². The molecule has 1 rings (SSSR count). The maximum absolute atomic E-state index is 4.43. The predicted molar refractivity (Wildman–Crippen MR) is 91.9 cm³/mol. The van der Waals surface area contributed by atoms with E-state index in [9.17, 15) is 0 Å². The van der Waals surface area contributed by atoms with Crippen LogP contribution in [0, 0.1) is 0 Å². The van der Waals surface area contributed by atoms with Crippen LogP contribution in [-0.4, -0.2) is 49.2 Å². The van der Waals surface area contributed by atoms with Gasteiger partial charge in [-0.2, -0.15) is 0 Å². The first-order valence-electron chi connectivity index (χ1n) is 8.37. The van der Waals surface area contributed by atoms with Crippen LogP contribution in [0.25, 0.3) is 0 Å². The highest BCUT2D eigenvalue weighted by atomic mass is 15.1. The molecule has 0 fully saturated rings. The Labute approximate surface area is 130 Å². The zero-order valence-corrected chi connectivity index (χ0v) is 14.2. The molecular weight excluding hydrogens is 260 g/mol. The summed E-state index contributed by atoms with van der Waals surface area (Å²) in [5, 5.41) is 3.33. The molecule has 0 amide bonds. The highest BCUT2D eigenvalue weighted by Gasteiger charge is 2.07. The summed E-state index contributed by atoms with van der Waals surface area (Å²) in [6.45, 7) is 16.3. The number of hydrogen-bond donors (Lipinski definition) is 1. The Hall–Kier alpha value is -1.13. The van der Waals surface area contributed by atoms with E-state index in [4.69, 9.17) is 0 Å². The summed E-state index contributed by atoms with van der Waals surface area (Å²) in [5.41, 5.74) is 2.41. The molecule has 4 heteroatoms. The number of nitrogens with one attached hydrogen (secondary N) is 1. The fourth-order valence-electron chi connectivity index (χ4n) is 2.51. The summed E-state index contributed by atoms with van der Waals surface area (Å²) in [6, 6.07) is 4.33. The van der Waals surface area contributed by atoms with Crippen LogP contribution in [0.3, 0.4) is 0 Å². The largest absolute Gasteiger partial charge is 0.372 e. The van der Waals surface area contributed by atoms with Crippen molar-refractivity contribution in [2.75, 3.05) is 44.2 Å². The molecular formula is C17H32N4. The van der Waals surface area contributed by atoms with Crippen molar-refractivity contribution in [2.24, 2.45) is 0 Å². The van der Waals surface area contributed by atoms with Gasteiger partial charge in [-0.1, -0.05) is 20.8 Å². The summed E-state index contributed by atoms with van der Waals surface area (Å²) < 4.78 is 0. The Bertz CT molecular complexity index is 377. The van der Waals surface area contributed by atoms with Crippen molar-refractivity contribution >= 4 is 5.69 Å². The van der Waals surface area contributed by atoms with Crippen LogP contribution in [0.5, 0.6) is 0 Å². The minimum atomic E-state index is 0.849. The van der Waals surface area contributed by atoms with Gasteiger partial charge in [0.05, 0.1) is 5.69 Å². The molecule has 4 nitrogen and oxygen atoms in total. The van der Waals surface area contributed by atoms with Crippen molar-refractivity contribution in [3.8, 4) is 0 Å². The number of anilines is 1. The second-order valence-corrected chi connectivity index (χ2v) is 5.25. The number of nitrogens with zero attached hydrogens (tertiary/aromatic N) is 3. The molecule has 1 heterocycles. The maximum Gasteiger partial charge on any atom is 0.0562 e. The van der Waals surface area contributed by atoms with Crippen molar-refractivity contribution in [1.29, 1.82) is 0 Å². The lowest BCUT2D eigenvalue weighted by molar-refractivity contribution is 0.301. The first-order valence-corrected chi connectivity index (χ1v) is 8.37. The standard InChI is InChI=1S/C17H32N4/c1-5-18-15-16-14-17(10-11-19-16)21(8-4)13-9-12-20(6-2)7-3/h10-11,14,18H,5-9,12-13,15H2,1-4H3. The number of aromatic nitrogens is 1. The van der Waals surface area contributed by atoms with Crippen LogP contribution in [0.15, 0.2) is 18.3 Å². The normalized spacial score (nSPS) is 11.1. The molecule has 21 heavy (non-hydrogen) atoms. The molecule has 0 aromatic carbocycles. The number of rotatable bonds is 11. The smallest absolute Gasteiger partial charge is 0.0562 e. The van der Waals surface area contributed by atoms with Gasteiger partial charge in [-0.15, -0.1) is 0 Å². The van der Waals surface area contributed by atoms with Crippen molar-refractivity contribution in [2.45, 2.75) is 40.7 Å². The second-order valence-electron chi connectivity index (χ2n) is 5.25. The van der Waals surface area contributed by atoms with Gasteiger partial charge in [0.15, 0.2) is 0 Å². The van der Waals surface area contributed by atoms with Crippen LogP contribution >= 0.6 is 0 Å². The van der Waals surface area contributed by atoms with E-state index in [1.165, 1.54) is 18.7 Å². The molecule has 1 aromatic rings. The van der Waals surface area contributed by atoms with E-state index in [1.54, 1.807) is 0 Å². The fraction of sp³-hybridized carbons (Fsp3) is 0.706. The van der Waals surface area contributed by atoms with Crippen molar-refractivity contribution < 1.29 is 0 Å². The van der Waals surface area contributed by atoms with Crippen LogP contribution in [0.4, 0.5) is 5.69 Å². The topological polar surface area (TPSA) is 31.4 Å². The first-order chi connectivity index (χ1) is 10.2. The van der Waals surface area contributed by atoms with Gasteiger partial charge in [-0.25, -0.2) is 0 Å². The van der Waals surface area contributed by atoms with Crippen LogP contribution < -0.4 is 10.2 Å². The molecule has 0 aliphatic carbocycles. The molecule has 0 bridgehead atoms. The van der Waals surface area contributed by atoms with E-state index >= 15 is 0 Å². The van der Waals surface area contributed by atoms with E-state index < -0.39 is 0 Å². The quantitative estimate of drug-likeness (QED) is 0.679. The van der Waals surface area contributed by atoms with Gasteiger partial charge in [0, 0.05) is 31.5 Å². The molecule has 1 N–H and O–H groups in total. The molecule has 0 saturated heterocycles. The van der Waals surface area contributed by atoms with Crippen molar-refractivity contribution in [3.63, 3.8) is 0 Å². The zero-order valence-electron chi connectivity index (χ0n) is 14.2. The summed E-state index contributed by atoms with van der Waals surface area (Å²) in [5.74, 6) is 0. The summed E-state index contributed by atoms with van der Waals surface area (Å²) >= 11 is 0. The molecule has 0 unspecified atom stereocenters. The highest BCUT2D eigenvalue weighted by molar-refractivity contribution is 5.46. The molecule has 1 aromatic heterocycles. The van der Waals surface area contributed by atoms with Gasteiger partial charge < -0.3 is 15.1 Å². The molecule has 120 valence electrons. The van der Waals surface area contributed by atoms with E-state index in [-0.39, 0.29) is 0 Å². The third kappa shape index (κ3) is 6.44. The Morgan fingerprint density at radius 1 is 1.05 bits per heavy atom. The first kappa shape index (κ1) is 17.9. The molecule has 0 spiro atoms. The zero-order chi connectivity index (χ0) is 15.5. The minimum absolute atomic E-state index is 0.849. The van der Waals surface area contributed by atoms with Gasteiger partial charge in [0.25, 0.3) is 0 Å². The summed E-state index contributed by atoms with van der Waals surface area (Å²) in [4.78, 5) is 9.36. The average Bonchev–Trinajstić information content (AvgIpc) is 2.53. The third-order valence-corrected chi connectivity index (χ3v) is 3.90. The summed E-state index contributed by atoms with van der Waals surface area (Å²) in [7, 11) is 0. The third-order valence-electron chi connectivity index (χ3n) is 3.90. The lowest BCUT2D eigenvalue weighted by atomic mass is 10.2. The number of hydrogen-bond acceptors (Lipinski definition) is 4. The minimum Gasteiger partial charge on any atom is -0.372 e. The SMILES string of the molecule is CCNCc1cc(N(CC)CCCN(CC)CC)ccn1. The van der Waals surface area contributed by atoms with Gasteiger partial charge >= 0.3 is 0 Å². The van der Waals surface area contributed by atoms with Gasteiger partial charge in [0.2, 0.25) is 0 Å². The number of pyridine rings is 1. The van der Waals surface area contributed by atoms with E-state index in [0.717, 1.165) is 45.0 Å². The van der Waals surface area contributed by atoms with Gasteiger partial charge in [0.1, 0.15) is 0 Å². The maximum atomic E-state index is 4.43.